The minimum Gasteiger partial charge on any atom is -0.494 e. The number of amides is 3. The molecule has 3 N–H and O–H groups in total. The average Bonchev–Trinajstić information content (AvgIpc) is 2.67. The van der Waals surface area contributed by atoms with Crippen LogP contribution in [0.2, 0.25) is 0 Å². The summed E-state index contributed by atoms with van der Waals surface area (Å²) >= 11 is 1.42. The van der Waals surface area contributed by atoms with Gasteiger partial charge in [-0.1, -0.05) is 0 Å². The van der Waals surface area contributed by atoms with E-state index in [-0.39, 0.29) is 24.3 Å². The van der Waals surface area contributed by atoms with E-state index < -0.39 is 0 Å². The predicted octanol–water partition coefficient (Wildman–Crippen LogP) is 2.50. The Morgan fingerprint density at radius 2 is 1.96 bits per heavy atom. The Morgan fingerprint density at radius 1 is 1.19 bits per heavy atom. The topological polar surface area (TPSA) is 96.5 Å². The number of carbonyl (C=O) groups is 3. The molecule has 2 aromatic carbocycles. The second kappa shape index (κ2) is 8.59. The molecule has 0 spiro atoms. The molecule has 2 aromatic rings. The van der Waals surface area contributed by atoms with E-state index in [4.69, 9.17) is 4.74 Å². The van der Waals surface area contributed by atoms with Gasteiger partial charge in [-0.2, -0.15) is 0 Å². The summed E-state index contributed by atoms with van der Waals surface area (Å²) in [6.45, 7) is 2.31. The van der Waals surface area contributed by atoms with Crippen molar-refractivity contribution >= 4 is 40.9 Å². The summed E-state index contributed by atoms with van der Waals surface area (Å²) in [7, 11) is 0. The van der Waals surface area contributed by atoms with E-state index in [2.05, 4.69) is 16.0 Å². The van der Waals surface area contributed by atoms with E-state index >= 15 is 0 Å². The Balaban J connectivity index is 1.53. The van der Waals surface area contributed by atoms with Crippen LogP contribution in [-0.4, -0.2) is 36.6 Å². The Bertz CT molecular complexity index is 868. The molecule has 140 valence electrons. The molecule has 0 bridgehead atoms. The minimum absolute atomic E-state index is 0.0974. The van der Waals surface area contributed by atoms with Crippen molar-refractivity contribution in [2.24, 2.45) is 0 Å². The molecule has 0 fully saturated rings. The first-order chi connectivity index (χ1) is 13.0. The number of hydrogen-bond acceptors (Lipinski definition) is 5. The molecule has 0 unspecified atom stereocenters. The number of nitrogens with one attached hydrogen (secondary N) is 3. The zero-order valence-electron chi connectivity index (χ0n) is 14.7. The average molecular weight is 385 g/mol. The van der Waals surface area contributed by atoms with Crippen molar-refractivity contribution in [2.45, 2.75) is 11.8 Å². The maximum atomic E-state index is 12.3. The first kappa shape index (κ1) is 18.8. The molecule has 0 aromatic heterocycles. The Morgan fingerprint density at radius 3 is 2.70 bits per heavy atom. The van der Waals surface area contributed by atoms with Gasteiger partial charge in [-0.05, 0) is 49.4 Å². The quantitative estimate of drug-likeness (QED) is 0.710. The molecule has 8 heteroatoms. The Labute approximate surface area is 160 Å². The van der Waals surface area contributed by atoms with Crippen LogP contribution >= 0.6 is 11.8 Å². The van der Waals surface area contributed by atoms with Gasteiger partial charge < -0.3 is 20.7 Å². The van der Waals surface area contributed by atoms with Crippen molar-refractivity contribution in [1.82, 2.24) is 5.32 Å². The highest BCUT2D eigenvalue weighted by molar-refractivity contribution is 8.00. The van der Waals surface area contributed by atoms with E-state index in [9.17, 15) is 14.4 Å². The van der Waals surface area contributed by atoms with Crippen molar-refractivity contribution in [3.8, 4) is 5.75 Å². The van der Waals surface area contributed by atoms with Gasteiger partial charge in [0, 0.05) is 16.1 Å². The maximum Gasteiger partial charge on any atom is 0.251 e. The number of rotatable bonds is 6. The van der Waals surface area contributed by atoms with Gasteiger partial charge in [-0.15, -0.1) is 11.8 Å². The monoisotopic (exact) mass is 385 g/mol. The number of hydrogen-bond donors (Lipinski definition) is 3. The molecular weight excluding hydrogens is 366 g/mol. The molecule has 0 saturated carbocycles. The second-order valence-corrected chi connectivity index (χ2v) is 6.75. The van der Waals surface area contributed by atoms with Crippen molar-refractivity contribution < 1.29 is 19.1 Å². The fourth-order valence-electron chi connectivity index (χ4n) is 2.49. The third-order valence-corrected chi connectivity index (χ3v) is 4.81. The van der Waals surface area contributed by atoms with Gasteiger partial charge in [0.05, 0.1) is 24.6 Å². The molecular formula is C19H19N3O4S. The molecule has 7 nitrogen and oxygen atoms in total. The highest BCUT2D eigenvalue weighted by atomic mass is 32.2. The van der Waals surface area contributed by atoms with Gasteiger partial charge in [-0.25, -0.2) is 0 Å². The van der Waals surface area contributed by atoms with Crippen LogP contribution in [-0.2, 0) is 9.59 Å². The smallest absolute Gasteiger partial charge is 0.251 e. The van der Waals surface area contributed by atoms with Gasteiger partial charge in [0.2, 0.25) is 11.8 Å². The van der Waals surface area contributed by atoms with Gasteiger partial charge >= 0.3 is 0 Å². The standard InChI is InChI=1S/C19H19N3O4S/c1-2-26-14-6-4-13(5-7-14)21-17(23)10-20-19(25)12-3-8-16-15(9-12)22-18(24)11-27-16/h3-9H,2,10-11H2,1H3,(H,20,25)(H,21,23)(H,22,24). The highest BCUT2D eigenvalue weighted by Crippen LogP contribution is 2.31. The first-order valence-electron chi connectivity index (χ1n) is 8.43. The van der Waals surface area contributed by atoms with Crippen LogP contribution < -0.4 is 20.7 Å². The number of benzene rings is 2. The molecule has 0 radical (unpaired) electrons. The minimum atomic E-state index is -0.385. The van der Waals surface area contributed by atoms with Gasteiger partial charge in [0.15, 0.2) is 0 Å². The third kappa shape index (κ3) is 5.01. The number of carbonyl (C=O) groups excluding carboxylic acids is 3. The molecule has 1 aliphatic rings. The van der Waals surface area contributed by atoms with Crippen molar-refractivity contribution in [3.63, 3.8) is 0 Å². The van der Waals surface area contributed by atoms with Crippen LogP contribution in [0, 0.1) is 0 Å². The van der Waals surface area contributed by atoms with Gasteiger partial charge in [0.1, 0.15) is 5.75 Å². The van der Waals surface area contributed by atoms with Crippen LogP contribution in [0.3, 0.4) is 0 Å². The van der Waals surface area contributed by atoms with Crippen LogP contribution in [0.15, 0.2) is 47.4 Å². The zero-order valence-corrected chi connectivity index (χ0v) is 15.5. The molecule has 27 heavy (non-hydrogen) atoms. The summed E-state index contributed by atoms with van der Waals surface area (Å²) in [5.41, 5.74) is 1.61. The van der Waals surface area contributed by atoms with Crippen molar-refractivity contribution in [2.75, 3.05) is 29.5 Å². The largest absolute Gasteiger partial charge is 0.494 e. The van der Waals surface area contributed by atoms with Crippen molar-refractivity contribution in [1.29, 1.82) is 0 Å². The Kier molecular flexibility index (Phi) is 5.97. The summed E-state index contributed by atoms with van der Waals surface area (Å²) in [4.78, 5) is 36.7. The van der Waals surface area contributed by atoms with Gasteiger partial charge in [0.25, 0.3) is 5.91 Å². The summed E-state index contributed by atoms with van der Waals surface area (Å²) < 4.78 is 5.34. The fourth-order valence-corrected chi connectivity index (χ4v) is 3.28. The molecule has 0 saturated heterocycles. The number of anilines is 2. The predicted molar refractivity (Wildman–Crippen MR) is 104 cm³/mol. The fraction of sp³-hybridized carbons (Fsp3) is 0.211. The lowest BCUT2D eigenvalue weighted by Gasteiger charge is -2.16. The van der Waals surface area contributed by atoms with Crippen LogP contribution in [0.4, 0.5) is 11.4 Å². The number of fused-ring (bicyclic) bond motifs is 1. The van der Waals surface area contributed by atoms with E-state index in [1.54, 1.807) is 42.5 Å². The van der Waals surface area contributed by atoms with E-state index in [0.29, 0.717) is 29.3 Å². The molecule has 3 amide bonds. The van der Waals surface area contributed by atoms with E-state index in [0.717, 1.165) is 10.6 Å². The number of thioether (sulfide) groups is 1. The van der Waals surface area contributed by atoms with Crippen molar-refractivity contribution in [3.05, 3.63) is 48.0 Å². The lowest BCUT2D eigenvalue weighted by Crippen LogP contribution is -2.33. The van der Waals surface area contributed by atoms with E-state index in [1.807, 2.05) is 6.92 Å². The lowest BCUT2D eigenvalue weighted by molar-refractivity contribution is -0.115. The summed E-state index contributed by atoms with van der Waals surface area (Å²) in [6.07, 6.45) is 0. The molecule has 0 atom stereocenters. The molecule has 0 aliphatic carbocycles. The van der Waals surface area contributed by atoms with Crippen LogP contribution in [0.25, 0.3) is 0 Å². The maximum absolute atomic E-state index is 12.3. The zero-order chi connectivity index (χ0) is 19.2. The third-order valence-electron chi connectivity index (χ3n) is 3.73. The summed E-state index contributed by atoms with van der Waals surface area (Å²) in [6, 6.07) is 12.0. The van der Waals surface area contributed by atoms with Crippen LogP contribution in [0.1, 0.15) is 17.3 Å². The molecule has 1 aliphatic heterocycles. The lowest BCUT2D eigenvalue weighted by atomic mass is 10.2. The Hall–Kier alpha value is -3.00. The van der Waals surface area contributed by atoms with E-state index in [1.165, 1.54) is 11.8 Å². The highest BCUT2D eigenvalue weighted by Gasteiger charge is 2.17. The summed E-state index contributed by atoms with van der Waals surface area (Å²) in [5.74, 6) is 0.268. The SMILES string of the molecule is CCOc1ccc(NC(=O)CNC(=O)c2ccc3c(c2)NC(=O)CS3)cc1. The van der Waals surface area contributed by atoms with Crippen LogP contribution in [0.5, 0.6) is 5.75 Å². The van der Waals surface area contributed by atoms with Gasteiger partial charge in [-0.3, -0.25) is 14.4 Å². The normalized spacial score (nSPS) is 12.6. The summed E-state index contributed by atoms with van der Waals surface area (Å²) in [5, 5.41) is 8.01. The molecule has 3 rings (SSSR count). The number of ether oxygens (including phenoxy) is 1. The molecule has 1 heterocycles. The first-order valence-corrected chi connectivity index (χ1v) is 9.41. The second-order valence-electron chi connectivity index (χ2n) is 5.74.